The second-order valence-electron chi connectivity index (χ2n) is 6.09. The number of nitrogens with zero attached hydrogens (tertiary/aromatic N) is 1. The minimum atomic E-state index is -0.717. The molecule has 2 N–H and O–H groups in total. The predicted molar refractivity (Wildman–Crippen MR) is 65.0 cm³/mol. The summed E-state index contributed by atoms with van der Waals surface area (Å²) in [7, 11) is 0. The fourth-order valence-corrected chi connectivity index (χ4v) is 1.97. The van der Waals surface area contributed by atoms with Gasteiger partial charge in [0.25, 0.3) is 5.91 Å². The fourth-order valence-electron chi connectivity index (χ4n) is 1.97. The van der Waals surface area contributed by atoms with Crippen LogP contribution in [-0.2, 0) is 9.53 Å². The van der Waals surface area contributed by atoms with Crippen molar-refractivity contribution in [2.45, 2.75) is 40.2 Å². The molecule has 0 aromatic rings. The van der Waals surface area contributed by atoms with Gasteiger partial charge in [-0.05, 0) is 26.7 Å². The van der Waals surface area contributed by atoms with Crippen molar-refractivity contribution in [3.63, 3.8) is 0 Å². The summed E-state index contributed by atoms with van der Waals surface area (Å²) in [6, 6.07) is 0. The van der Waals surface area contributed by atoms with Crippen molar-refractivity contribution in [3.8, 4) is 0 Å². The molecule has 104 valence electrons. The second kappa shape index (κ2) is 4.76. The van der Waals surface area contributed by atoms with Gasteiger partial charge in [0, 0.05) is 13.1 Å². The third kappa shape index (κ3) is 2.75. The Bertz CT molecular complexity index is 340. The van der Waals surface area contributed by atoms with Crippen LogP contribution in [0.2, 0.25) is 0 Å². The Hall–Kier alpha value is -1.30. The quantitative estimate of drug-likeness (QED) is 0.579. The van der Waals surface area contributed by atoms with Crippen molar-refractivity contribution in [1.82, 2.24) is 10.4 Å². The Morgan fingerprint density at radius 1 is 1.33 bits per heavy atom. The SMILES string of the molecule is CC(C)C1(C(=O)NO)CN(C(=O)OC(C)(C)C)C1. The van der Waals surface area contributed by atoms with E-state index in [4.69, 9.17) is 9.94 Å². The lowest BCUT2D eigenvalue weighted by Gasteiger charge is -2.50. The van der Waals surface area contributed by atoms with E-state index < -0.39 is 23.0 Å². The number of ether oxygens (including phenoxy) is 1. The van der Waals surface area contributed by atoms with Crippen LogP contribution in [0.3, 0.4) is 0 Å². The topological polar surface area (TPSA) is 78.9 Å². The van der Waals surface area contributed by atoms with E-state index in [1.54, 1.807) is 26.3 Å². The standard InChI is InChI=1S/C12H22N2O4/c1-8(2)12(9(15)13-17)6-14(7-12)10(16)18-11(3,4)5/h8,17H,6-7H2,1-5H3,(H,13,15). The molecule has 0 atom stereocenters. The summed E-state index contributed by atoms with van der Waals surface area (Å²) in [5.74, 6) is -0.416. The minimum absolute atomic E-state index is 0.0309. The molecular weight excluding hydrogens is 236 g/mol. The van der Waals surface area contributed by atoms with Crippen molar-refractivity contribution in [2.24, 2.45) is 11.3 Å². The smallest absolute Gasteiger partial charge is 0.410 e. The van der Waals surface area contributed by atoms with Gasteiger partial charge in [-0.2, -0.15) is 0 Å². The number of carbonyl (C=O) groups is 2. The van der Waals surface area contributed by atoms with Gasteiger partial charge in [0.15, 0.2) is 0 Å². The Kier molecular flexibility index (Phi) is 3.90. The Morgan fingerprint density at radius 3 is 2.17 bits per heavy atom. The Balaban J connectivity index is 2.65. The maximum Gasteiger partial charge on any atom is 0.410 e. The van der Waals surface area contributed by atoms with E-state index in [9.17, 15) is 9.59 Å². The van der Waals surface area contributed by atoms with Crippen LogP contribution >= 0.6 is 0 Å². The van der Waals surface area contributed by atoms with E-state index in [1.165, 1.54) is 4.90 Å². The summed E-state index contributed by atoms with van der Waals surface area (Å²) in [5, 5.41) is 8.76. The molecule has 1 saturated heterocycles. The first-order chi connectivity index (χ1) is 8.12. The number of hydrogen-bond donors (Lipinski definition) is 2. The molecule has 0 radical (unpaired) electrons. The first-order valence-electron chi connectivity index (χ1n) is 6.05. The second-order valence-corrected chi connectivity index (χ2v) is 6.09. The van der Waals surface area contributed by atoms with Crippen LogP contribution in [0.15, 0.2) is 0 Å². The van der Waals surface area contributed by atoms with E-state index >= 15 is 0 Å². The average Bonchev–Trinajstić information content (AvgIpc) is 2.11. The van der Waals surface area contributed by atoms with Gasteiger partial charge in [-0.3, -0.25) is 10.0 Å². The number of hydroxylamine groups is 1. The molecule has 1 aliphatic rings. The van der Waals surface area contributed by atoms with E-state index in [0.29, 0.717) is 0 Å². The highest BCUT2D eigenvalue weighted by Gasteiger charge is 2.53. The zero-order valence-electron chi connectivity index (χ0n) is 11.6. The lowest BCUT2D eigenvalue weighted by Crippen LogP contribution is -2.67. The summed E-state index contributed by atoms with van der Waals surface area (Å²) in [4.78, 5) is 24.9. The van der Waals surface area contributed by atoms with Gasteiger partial charge >= 0.3 is 6.09 Å². The average molecular weight is 258 g/mol. The number of hydrogen-bond acceptors (Lipinski definition) is 4. The first kappa shape index (κ1) is 14.8. The molecule has 1 rings (SSSR count). The molecule has 18 heavy (non-hydrogen) atoms. The summed E-state index contributed by atoms with van der Waals surface area (Å²) < 4.78 is 5.22. The van der Waals surface area contributed by atoms with Crippen molar-refractivity contribution < 1.29 is 19.5 Å². The lowest BCUT2D eigenvalue weighted by molar-refractivity contribution is -0.154. The van der Waals surface area contributed by atoms with Crippen LogP contribution in [0.5, 0.6) is 0 Å². The molecule has 1 aliphatic heterocycles. The van der Waals surface area contributed by atoms with Gasteiger partial charge in [0.1, 0.15) is 5.60 Å². The number of nitrogens with one attached hydrogen (secondary N) is 1. The summed E-state index contributed by atoms with van der Waals surface area (Å²) in [6.07, 6.45) is -0.426. The third-order valence-corrected chi connectivity index (χ3v) is 3.26. The van der Waals surface area contributed by atoms with Crippen molar-refractivity contribution in [3.05, 3.63) is 0 Å². The van der Waals surface area contributed by atoms with Crippen molar-refractivity contribution >= 4 is 12.0 Å². The van der Waals surface area contributed by atoms with Crippen LogP contribution in [0.1, 0.15) is 34.6 Å². The maximum absolute atomic E-state index is 11.8. The Morgan fingerprint density at radius 2 is 1.83 bits per heavy atom. The Labute approximate surface area is 107 Å². The molecule has 0 spiro atoms. The largest absolute Gasteiger partial charge is 0.444 e. The van der Waals surface area contributed by atoms with E-state index in [1.807, 2.05) is 13.8 Å². The van der Waals surface area contributed by atoms with E-state index in [0.717, 1.165) is 0 Å². The molecule has 0 unspecified atom stereocenters. The van der Waals surface area contributed by atoms with Crippen LogP contribution in [0.25, 0.3) is 0 Å². The predicted octanol–water partition coefficient (Wildman–Crippen LogP) is 1.38. The molecule has 0 aromatic heterocycles. The lowest BCUT2D eigenvalue weighted by atomic mass is 9.70. The van der Waals surface area contributed by atoms with Gasteiger partial charge in [-0.25, -0.2) is 10.3 Å². The van der Waals surface area contributed by atoms with Crippen LogP contribution < -0.4 is 5.48 Å². The minimum Gasteiger partial charge on any atom is -0.444 e. The van der Waals surface area contributed by atoms with E-state index in [-0.39, 0.29) is 19.0 Å². The molecule has 6 heteroatoms. The van der Waals surface area contributed by atoms with Crippen molar-refractivity contribution in [1.29, 1.82) is 0 Å². The molecular formula is C12H22N2O4. The molecule has 2 amide bonds. The highest BCUT2D eigenvalue weighted by Crippen LogP contribution is 2.38. The van der Waals surface area contributed by atoms with Crippen molar-refractivity contribution in [2.75, 3.05) is 13.1 Å². The van der Waals surface area contributed by atoms with Gasteiger partial charge in [0.05, 0.1) is 5.41 Å². The molecule has 0 aromatic carbocycles. The third-order valence-electron chi connectivity index (χ3n) is 3.26. The first-order valence-corrected chi connectivity index (χ1v) is 6.05. The van der Waals surface area contributed by atoms with Gasteiger partial charge in [-0.15, -0.1) is 0 Å². The molecule has 0 saturated carbocycles. The number of carbonyl (C=O) groups excluding carboxylic acids is 2. The number of rotatable bonds is 2. The van der Waals surface area contributed by atoms with Crippen LogP contribution in [-0.4, -0.2) is 40.8 Å². The number of likely N-dealkylation sites (tertiary alicyclic amines) is 1. The van der Waals surface area contributed by atoms with Gasteiger partial charge in [-0.1, -0.05) is 13.8 Å². The van der Waals surface area contributed by atoms with Crippen LogP contribution in [0, 0.1) is 11.3 Å². The van der Waals surface area contributed by atoms with Crippen LogP contribution in [0.4, 0.5) is 4.79 Å². The number of amides is 2. The highest BCUT2D eigenvalue weighted by atomic mass is 16.6. The van der Waals surface area contributed by atoms with E-state index in [2.05, 4.69) is 0 Å². The zero-order valence-corrected chi connectivity index (χ0v) is 11.6. The molecule has 1 heterocycles. The molecule has 0 aliphatic carbocycles. The molecule has 0 bridgehead atoms. The monoisotopic (exact) mass is 258 g/mol. The summed E-state index contributed by atoms with van der Waals surface area (Å²) >= 11 is 0. The maximum atomic E-state index is 11.8. The molecule has 1 fully saturated rings. The molecule has 6 nitrogen and oxygen atoms in total. The zero-order chi connectivity index (χ0) is 14.1. The van der Waals surface area contributed by atoms with Gasteiger partial charge < -0.3 is 9.64 Å². The summed E-state index contributed by atoms with van der Waals surface area (Å²) in [5.41, 5.74) is 0.413. The fraction of sp³-hybridized carbons (Fsp3) is 0.833. The normalized spacial score (nSPS) is 18.3. The van der Waals surface area contributed by atoms with Gasteiger partial charge in [0.2, 0.25) is 0 Å². The summed E-state index contributed by atoms with van der Waals surface area (Å²) in [6.45, 7) is 9.70. The highest BCUT2D eigenvalue weighted by molar-refractivity contribution is 5.85.